The first-order chi connectivity index (χ1) is 10.3. The summed E-state index contributed by atoms with van der Waals surface area (Å²) in [7, 11) is 0. The Morgan fingerprint density at radius 2 is 2.29 bits per heavy atom. The van der Waals surface area contributed by atoms with Crippen molar-refractivity contribution in [2.75, 3.05) is 36.9 Å². The van der Waals surface area contributed by atoms with Crippen molar-refractivity contribution in [2.24, 2.45) is 0 Å². The molecule has 114 valence electrons. The van der Waals surface area contributed by atoms with Crippen LogP contribution >= 0.6 is 11.8 Å². The summed E-state index contributed by atoms with van der Waals surface area (Å²) in [6.45, 7) is 2.85. The zero-order valence-electron chi connectivity index (χ0n) is 12.2. The summed E-state index contributed by atoms with van der Waals surface area (Å²) in [6.07, 6.45) is 3.49. The molecule has 21 heavy (non-hydrogen) atoms. The number of carbonyl (C=O) groups is 1. The first-order valence-electron chi connectivity index (χ1n) is 7.68. The van der Waals surface area contributed by atoms with E-state index in [0.717, 1.165) is 38.2 Å². The van der Waals surface area contributed by atoms with E-state index in [9.17, 15) is 4.79 Å². The van der Waals surface area contributed by atoms with E-state index in [1.807, 2.05) is 17.8 Å². The largest absolute Gasteiger partial charge is 0.376 e. The van der Waals surface area contributed by atoms with E-state index in [2.05, 4.69) is 28.4 Å². The molecule has 1 fully saturated rings. The molecule has 2 aliphatic heterocycles. The number of nitrogens with one attached hydrogen (secondary N) is 1. The van der Waals surface area contributed by atoms with Gasteiger partial charge in [-0.05, 0) is 37.1 Å². The lowest BCUT2D eigenvalue weighted by molar-refractivity contribution is -0.120. The maximum Gasteiger partial charge on any atom is 0.239 e. The minimum atomic E-state index is 0.0900. The van der Waals surface area contributed by atoms with E-state index < -0.39 is 0 Å². The van der Waals surface area contributed by atoms with E-state index in [4.69, 9.17) is 4.74 Å². The van der Waals surface area contributed by atoms with E-state index in [1.165, 1.54) is 10.6 Å². The molecule has 0 unspecified atom stereocenters. The number of carbonyl (C=O) groups excluding carboxylic acids is 1. The van der Waals surface area contributed by atoms with Gasteiger partial charge < -0.3 is 15.0 Å². The number of ether oxygens (including phenoxy) is 1. The third-order valence-corrected chi connectivity index (χ3v) is 5.07. The maximum atomic E-state index is 12.2. The molecule has 1 aromatic carbocycles. The summed E-state index contributed by atoms with van der Waals surface area (Å²) in [5.41, 5.74) is 1.19. The number of thioether (sulfide) groups is 1. The van der Waals surface area contributed by atoms with E-state index >= 15 is 0 Å². The van der Waals surface area contributed by atoms with Crippen LogP contribution in [0.3, 0.4) is 0 Å². The molecule has 0 aromatic heterocycles. The lowest BCUT2D eigenvalue weighted by atomic mass is 10.2. The second-order valence-electron chi connectivity index (χ2n) is 5.53. The summed E-state index contributed by atoms with van der Waals surface area (Å²) in [4.78, 5) is 15.6. The van der Waals surface area contributed by atoms with Crippen LogP contribution < -0.4 is 10.2 Å². The fourth-order valence-electron chi connectivity index (χ4n) is 2.82. The Hall–Kier alpha value is -1.20. The molecule has 0 saturated carbocycles. The molecule has 0 bridgehead atoms. The van der Waals surface area contributed by atoms with E-state index in [-0.39, 0.29) is 12.0 Å². The maximum absolute atomic E-state index is 12.2. The van der Waals surface area contributed by atoms with Gasteiger partial charge in [0.15, 0.2) is 0 Å². The lowest BCUT2D eigenvalue weighted by Gasteiger charge is -2.24. The highest BCUT2D eigenvalue weighted by atomic mass is 32.2. The second-order valence-corrected chi connectivity index (χ2v) is 6.67. The summed E-state index contributed by atoms with van der Waals surface area (Å²) >= 11 is 1.88. The minimum Gasteiger partial charge on any atom is -0.376 e. The summed E-state index contributed by atoms with van der Waals surface area (Å²) in [5, 5.41) is 3.01. The Kier molecular flexibility index (Phi) is 5.04. The molecule has 0 aliphatic carbocycles. The minimum absolute atomic E-state index is 0.0900. The van der Waals surface area contributed by atoms with Crippen molar-refractivity contribution in [3.8, 4) is 0 Å². The van der Waals surface area contributed by atoms with Crippen LogP contribution in [0.1, 0.15) is 19.3 Å². The molecule has 0 spiro atoms. The molecule has 4 nitrogen and oxygen atoms in total. The number of nitrogens with zero attached hydrogens (tertiary/aromatic N) is 1. The van der Waals surface area contributed by atoms with Crippen molar-refractivity contribution >= 4 is 23.4 Å². The Labute approximate surface area is 130 Å². The van der Waals surface area contributed by atoms with Crippen LogP contribution in [0.25, 0.3) is 0 Å². The van der Waals surface area contributed by atoms with Crippen molar-refractivity contribution in [1.82, 2.24) is 5.32 Å². The van der Waals surface area contributed by atoms with Gasteiger partial charge in [0.1, 0.15) is 0 Å². The second kappa shape index (κ2) is 7.18. The van der Waals surface area contributed by atoms with E-state index in [1.54, 1.807) is 0 Å². The van der Waals surface area contributed by atoms with Gasteiger partial charge in [-0.3, -0.25) is 4.79 Å². The third-order valence-electron chi connectivity index (χ3n) is 3.92. The van der Waals surface area contributed by atoms with Gasteiger partial charge in [-0.1, -0.05) is 12.1 Å². The quantitative estimate of drug-likeness (QED) is 0.927. The fraction of sp³-hybridized carbons (Fsp3) is 0.562. The molecule has 2 aliphatic rings. The van der Waals surface area contributed by atoms with Crippen molar-refractivity contribution < 1.29 is 9.53 Å². The van der Waals surface area contributed by atoms with Gasteiger partial charge >= 0.3 is 0 Å². The van der Waals surface area contributed by atoms with Gasteiger partial charge in [0.25, 0.3) is 0 Å². The Morgan fingerprint density at radius 3 is 3.14 bits per heavy atom. The smallest absolute Gasteiger partial charge is 0.239 e. The average molecular weight is 306 g/mol. The van der Waals surface area contributed by atoms with Crippen LogP contribution in [0.2, 0.25) is 0 Å². The Morgan fingerprint density at radius 1 is 1.38 bits per heavy atom. The number of fused-ring (bicyclic) bond motifs is 1. The van der Waals surface area contributed by atoms with Crippen molar-refractivity contribution in [1.29, 1.82) is 0 Å². The van der Waals surface area contributed by atoms with Crippen molar-refractivity contribution in [2.45, 2.75) is 30.3 Å². The van der Waals surface area contributed by atoms with Gasteiger partial charge in [-0.25, -0.2) is 0 Å². The topological polar surface area (TPSA) is 41.6 Å². The van der Waals surface area contributed by atoms with E-state index in [0.29, 0.717) is 13.1 Å². The van der Waals surface area contributed by atoms with Crippen LogP contribution in [0.5, 0.6) is 0 Å². The predicted octanol–water partition coefficient (Wildman–Crippen LogP) is 2.28. The van der Waals surface area contributed by atoms with Gasteiger partial charge in [0.2, 0.25) is 5.91 Å². The summed E-state index contributed by atoms with van der Waals surface area (Å²) in [6, 6.07) is 8.36. The molecule has 3 rings (SSSR count). The summed E-state index contributed by atoms with van der Waals surface area (Å²) in [5.74, 6) is 1.21. The number of para-hydroxylation sites is 1. The molecule has 1 N–H and O–H groups in total. The predicted molar refractivity (Wildman–Crippen MR) is 86.0 cm³/mol. The van der Waals surface area contributed by atoms with Gasteiger partial charge in [0, 0.05) is 24.6 Å². The average Bonchev–Trinajstić information content (AvgIpc) is 2.94. The standard InChI is InChI=1S/C16H22N2O2S/c19-16(17-11-13-5-3-9-20-13)12-18-8-4-10-21-15-7-2-1-6-14(15)18/h1-2,6-7,13H,3-5,8-12H2,(H,17,19)/t13-/m1/s1. The SMILES string of the molecule is O=C(CN1CCCSc2ccccc21)NC[C@H]1CCCO1. The Balaban J connectivity index is 1.57. The molecule has 0 radical (unpaired) electrons. The normalized spacial score (nSPS) is 21.7. The van der Waals surface area contributed by atoms with Gasteiger partial charge in [-0.15, -0.1) is 11.8 Å². The number of amides is 1. The molecule has 1 aromatic rings. The molecule has 1 saturated heterocycles. The fourth-order valence-corrected chi connectivity index (χ4v) is 3.84. The molecule has 5 heteroatoms. The zero-order chi connectivity index (χ0) is 14.5. The van der Waals surface area contributed by atoms with Gasteiger partial charge in [-0.2, -0.15) is 0 Å². The molecule has 1 amide bonds. The summed E-state index contributed by atoms with van der Waals surface area (Å²) < 4.78 is 5.54. The highest BCUT2D eigenvalue weighted by Crippen LogP contribution is 2.33. The number of anilines is 1. The highest BCUT2D eigenvalue weighted by Gasteiger charge is 2.19. The monoisotopic (exact) mass is 306 g/mol. The van der Waals surface area contributed by atoms with Gasteiger partial charge in [0.05, 0.1) is 18.3 Å². The molecule has 2 heterocycles. The zero-order valence-corrected chi connectivity index (χ0v) is 13.0. The first kappa shape index (κ1) is 14.7. The lowest BCUT2D eigenvalue weighted by Crippen LogP contribution is -2.40. The number of hydrogen-bond acceptors (Lipinski definition) is 4. The van der Waals surface area contributed by atoms with Crippen LogP contribution in [0.4, 0.5) is 5.69 Å². The molecule has 1 atom stereocenters. The van der Waals surface area contributed by atoms with Crippen LogP contribution in [-0.4, -0.2) is 44.0 Å². The first-order valence-corrected chi connectivity index (χ1v) is 8.66. The Bertz CT molecular complexity index is 489. The number of rotatable bonds is 4. The van der Waals surface area contributed by atoms with Crippen molar-refractivity contribution in [3.05, 3.63) is 24.3 Å². The number of hydrogen-bond donors (Lipinski definition) is 1. The van der Waals surface area contributed by atoms with Crippen LogP contribution in [0, 0.1) is 0 Å². The molecular weight excluding hydrogens is 284 g/mol. The van der Waals surface area contributed by atoms with Crippen LogP contribution in [0.15, 0.2) is 29.2 Å². The third kappa shape index (κ3) is 3.92. The molecular formula is C16H22N2O2S. The number of benzene rings is 1. The van der Waals surface area contributed by atoms with Crippen LogP contribution in [-0.2, 0) is 9.53 Å². The van der Waals surface area contributed by atoms with Crippen molar-refractivity contribution in [3.63, 3.8) is 0 Å². The highest BCUT2D eigenvalue weighted by molar-refractivity contribution is 7.99.